The van der Waals surface area contributed by atoms with E-state index in [9.17, 15) is 10.2 Å². The average molecular weight is 427 g/mol. The summed E-state index contributed by atoms with van der Waals surface area (Å²) in [5, 5.41) is 22.6. The number of aliphatic hydroxyl groups is 2. The van der Waals surface area contributed by atoms with E-state index in [1.165, 1.54) is 0 Å². The number of ether oxygens (including phenoxy) is 2. The molecule has 158 valence electrons. The van der Waals surface area contributed by atoms with Crippen molar-refractivity contribution in [3.05, 3.63) is 76.3 Å². The van der Waals surface area contributed by atoms with Crippen LogP contribution in [0.15, 0.2) is 54.6 Å². The van der Waals surface area contributed by atoms with Gasteiger partial charge < -0.3 is 19.7 Å². The second-order valence-corrected chi connectivity index (χ2v) is 8.17. The molecule has 30 heavy (non-hydrogen) atoms. The maximum absolute atomic E-state index is 10.3. The molecule has 4 nitrogen and oxygen atoms in total. The molecule has 4 rings (SSSR count). The van der Waals surface area contributed by atoms with Gasteiger partial charge in [0.1, 0.15) is 5.75 Å². The van der Waals surface area contributed by atoms with Crippen molar-refractivity contribution in [2.45, 2.75) is 44.5 Å². The monoisotopic (exact) mass is 426 g/mol. The molecule has 0 aliphatic carbocycles. The summed E-state index contributed by atoms with van der Waals surface area (Å²) in [5.41, 5.74) is 3.16. The summed E-state index contributed by atoms with van der Waals surface area (Å²) >= 11 is 6.81. The van der Waals surface area contributed by atoms with Gasteiger partial charge in [0.2, 0.25) is 0 Å². The molecule has 0 saturated carbocycles. The molecule has 0 radical (unpaired) electrons. The molecule has 1 unspecified atom stereocenters. The number of fused-ring (bicyclic) bond motifs is 1. The Morgan fingerprint density at radius 3 is 2.50 bits per heavy atom. The molecule has 0 bridgehead atoms. The first-order valence-electron chi connectivity index (χ1n) is 10.4. The topological polar surface area (TPSA) is 58.9 Å². The predicted molar refractivity (Wildman–Crippen MR) is 119 cm³/mol. The molecule has 0 aromatic heterocycles. The summed E-state index contributed by atoms with van der Waals surface area (Å²) in [5.74, 6) is 0.853. The quantitative estimate of drug-likeness (QED) is 0.578. The van der Waals surface area contributed by atoms with Crippen molar-refractivity contribution in [3.63, 3.8) is 0 Å². The largest absolute Gasteiger partial charge is 0.494 e. The zero-order chi connectivity index (χ0) is 21.1. The second-order valence-electron chi connectivity index (χ2n) is 7.79. The molecule has 1 saturated heterocycles. The fourth-order valence-electron chi connectivity index (χ4n) is 4.22. The van der Waals surface area contributed by atoms with Crippen LogP contribution in [0.25, 0.3) is 10.8 Å². The lowest BCUT2D eigenvalue weighted by Gasteiger charge is -2.33. The molecule has 0 spiro atoms. The van der Waals surface area contributed by atoms with Crippen molar-refractivity contribution >= 4 is 22.4 Å². The van der Waals surface area contributed by atoms with Crippen LogP contribution in [-0.2, 0) is 11.2 Å². The molecule has 1 aliphatic heterocycles. The van der Waals surface area contributed by atoms with Crippen LogP contribution in [0.3, 0.4) is 0 Å². The van der Waals surface area contributed by atoms with Crippen LogP contribution in [0, 0.1) is 0 Å². The number of rotatable bonds is 6. The average Bonchev–Trinajstić information content (AvgIpc) is 2.76. The minimum absolute atomic E-state index is 0.0991. The van der Waals surface area contributed by atoms with Gasteiger partial charge in [0.25, 0.3) is 0 Å². The van der Waals surface area contributed by atoms with E-state index in [1.807, 2.05) is 43.3 Å². The van der Waals surface area contributed by atoms with Gasteiger partial charge >= 0.3 is 0 Å². The first-order chi connectivity index (χ1) is 14.6. The van der Waals surface area contributed by atoms with Gasteiger partial charge in [-0.05, 0) is 47.6 Å². The number of benzene rings is 3. The highest BCUT2D eigenvalue weighted by Gasteiger charge is 2.30. The van der Waals surface area contributed by atoms with Gasteiger partial charge in [0, 0.05) is 18.2 Å². The number of halogens is 1. The van der Waals surface area contributed by atoms with Crippen LogP contribution in [0.1, 0.15) is 42.6 Å². The molecule has 3 atom stereocenters. The van der Waals surface area contributed by atoms with Gasteiger partial charge in [-0.2, -0.15) is 0 Å². The molecule has 3 aromatic rings. The first kappa shape index (κ1) is 21.1. The van der Waals surface area contributed by atoms with E-state index in [0.29, 0.717) is 25.9 Å². The Morgan fingerprint density at radius 1 is 1.07 bits per heavy atom. The molecular weight excluding hydrogens is 400 g/mol. The van der Waals surface area contributed by atoms with Crippen molar-refractivity contribution in [3.8, 4) is 5.75 Å². The van der Waals surface area contributed by atoms with Crippen LogP contribution in [0.2, 0.25) is 5.02 Å². The Labute approximate surface area is 182 Å². The predicted octanol–water partition coefficient (Wildman–Crippen LogP) is 5.06. The molecule has 5 heteroatoms. The third-order valence-electron chi connectivity index (χ3n) is 5.64. The van der Waals surface area contributed by atoms with Gasteiger partial charge in [-0.15, -0.1) is 0 Å². The molecule has 3 aromatic carbocycles. The Balaban J connectivity index is 1.72. The summed E-state index contributed by atoms with van der Waals surface area (Å²) in [6.45, 7) is 2.51. The summed E-state index contributed by atoms with van der Waals surface area (Å²) in [4.78, 5) is 0. The molecule has 1 fully saturated rings. The Bertz CT molecular complexity index is 1000. The van der Waals surface area contributed by atoms with E-state index >= 15 is 0 Å². The van der Waals surface area contributed by atoms with E-state index < -0.39 is 6.10 Å². The summed E-state index contributed by atoms with van der Waals surface area (Å²) < 4.78 is 11.7. The summed E-state index contributed by atoms with van der Waals surface area (Å²) in [7, 11) is 0. The van der Waals surface area contributed by atoms with Crippen LogP contribution < -0.4 is 4.74 Å². The summed E-state index contributed by atoms with van der Waals surface area (Å²) in [6.07, 6.45) is 0.504. The van der Waals surface area contributed by atoms with Crippen molar-refractivity contribution in [2.75, 3.05) is 13.2 Å². The molecule has 1 heterocycles. The molecule has 1 aliphatic rings. The minimum atomic E-state index is -0.495. The molecular formula is C25H27ClO4. The third kappa shape index (κ3) is 4.47. The minimum Gasteiger partial charge on any atom is -0.494 e. The van der Waals surface area contributed by atoms with E-state index in [4.69, 9.17) is 21.1 Å². The van der Waals surface area contributed by atoms with Gasteiger partial charge in [0.15, 0.2) is 0 Å². The van der Waals surface area contributed by atoms with Crippen molar-refractivity contribution in [1.82, 2.24) is 0 Å². The highest BCUT2D eigenvalue weighted by atomic mass is 35.5. The van der Waals surface area contributed by atoms with E-state index in [0.717, 1.165) is 38.2 Å². The summed E-state index contributed by atoms with van der Waals surface area (Å²) in [6, 6.07) is 18.2. The van der Waals surface area contributed by atoms with E-state index in [1.54, 1.807) is 0 Å². The van der Waals surface area contributed by atoms with Gasteiger partial charge in [-0.1, -0.05) is 54.1 Å². The third-order valence-corrected chi connectivity index (χ3v) is 6.09. The lowest BCUT2D eigenvalue weighted by molar-refractivity contribution is -0.113. The lowest BCUT2D eigenvalue weighted by atomic mass is 9.90. The van der Waals surface area contributed by atoms with Gasteiger partial charge in [-0.25, -0.2) is 0 Å². The highest BCUT2D eigenvalue weighted by Crippen LogP contribution is 2.39. The maximum Gasteiger partial charge on any atom is 0.119 e. The van der Waals surface area contributed by atoms with Crippen LogP contribution in [-0.4, -0.2) is 35.6 Å². The van der Waals surface area contributed by atoms with Gasteiger partial charge in [-0.3, -0.25) is 0 Å². The molecule has 2 N–H and O–H groups in total. The standard InChI is InChI=1S/C25H27ClO4/c1-2-29-19-9-7-16(8-10-19)11-17-12-23(21-5-3-4-6-22(21)25(17)26)24-14-18(28)13-20(15-27)30-24/h3-10,12,18,20,24,27-28H,2,11,13-15H2,1H3/t18-,20?,24+/m0/s1. The van der Waals surface area contributed by atoms with Crippen LogP contribution in [0.5, 0.6) is 5.75 Å². The van der Waals surface area contributed by atoms with E-state index in [-0.39, 0.29) is 18.8 Å². The van der Waals surface area contributed by atoms with Crippen molar-refractivity contribution < 1.29 is 19.7 Å². The Morgan fingerprint density at radius 2 is 1.80 bits per heavy atom. The van der Waals surface area contributed by atoms with Gasteiger partial charge in [0.05, 0.1) is 36.5 Å². The van der Waals surface area contributed by atoms with Crippen molar-refractivity contribution in [1.29, 1.82) is 0 Å². The number of hydrogen-bond donors (Lipinski definition) is 2. The van der Waals surface area contributed by atoms with Crippen LogP contribution in [0.4, 0.5) is 0 Å². The zero-order valence-electron chi connectivity index (χ0n) is 17.1. The smallest absolute Gasteiger partial charge is 0.119 e. The lowest BCUT2D eigenvalue weighted by Crippen LogP contribution is -2.33. The zero-order valence-corrected chi connectivity index (χ0v) is 17.8. The van der Waals surface area contributed by atoms with E-state index in [2.05, 4.69) is 18.2 Å². The Kier molecular flexibility index (Phi) is 6.59. The molecule has 0 amide bonds. The van der Waals surface area contributed by atoms with Crippen LogP contribution >= 0.6 is 11.6 Å². The SMILES string of the molecule is CCOc1ccc(Cc2cc([C@H]3C[C@@H](O)CC(CO)O3)c3ccccc3c2Cl)cc1. The number of aliphatic hydroxyl groups excluding tert-OH is 2. The second kappa shape index (κ2) is 9.36. The van der Waals surface area contributed by atoms with Crippen molar-refractivity contribution in [2.24, 2.45) is 0 Å². The normalized spacial score (nSPS) is 21.7. The Hall–Kier alpha value is -2.11. The number of hydrogen-bond acceptors (Lipinski definition) is 4. The maximum atomic E-state index is 10.3. The highest BCUT2D eigenvalue weighted by molar-refractivity contribution is 6.36. The fourth-order valence-corrected chi connectivity index (χ4v) is 4.51. The first-order valence-corrected chi connectivity index (χ1v) is 10.8. The fraction of sp³-hybridized carbons (Fsp3) is 0.360.